The fourth-order valence-electron chi connectivity index (χ4n) is 0.621. The highest BCUT2D eigenvalue weighted by Gasteiger charge is 2.15. The first-order valence-corrected chi connectivity index (χ1v) is 3.78. The summed E-state index contributed by atoms with van der Waals surface area (Å²) in [6.45, 7) is 0.499. The first-order valence-electron chi connectivity index (χ1n) is 3.78. The van der Waals surface area contributed by atoms with Crippen LogP contribution in [0, 0.1) is 0 Å². The number of aliphatic hydroxyl groups excluding tert-OH is 1. The molecule has 0 aliphatic carbocycles. The molecule has 78 valence electrons. The van der Waals surface area contributed by atoms with Gasteiger partial charge < -0.3 is 24.4 Å². The highest BCUT2D eigenvalue weighted by molar-refractivity contribution is 5.70. The fourth-order valence-corrected chi connectivity index (χ4v) is 0.621. The molecule has 0 aromatic rings. The average Bonchev–Trinajstić information content (AvgIpc) is 2.10. The standard InChI is InChI=1S/C7H14O6/c1-11-7(6(9)10)13-5-4-12-3-2-8/h7-8H,2-5H2,1H3,(H,9,10). The van der Waals surface area contributed by atoms with Crippen LogP contribution in [-0.4, -0.2) is 56.0 Å². The largest absolute Gasteiger partial charge is 0.477 e. The fraction of sp³-hybridized carbons (Fsp3) is 0.857. The van der Waals surface area contributed by atoms with Gasteiger partial charge in [0.15, 0.2) is 0 Å². The van der Waals surface area contributed by atoms with E-state index in [-0.39, 0.29) is 26.4 Å². The van der Waals surface area contributed by atoms with Gasteiger partial charge in [0.25, 0.3) is 6.29 Å². The molecular formula is C7H14O6. The maximum atomic E-state index is 10.3. The van der Waals surface area contributed by atoms with Gasteiger partial charge in [0.05, 0.1) is 26.4 Å². The van der Waals surface area contributed by atoms with Crippen LogP contribution in [0.1, 0.15) is 0 Å². The smallest absolute Gasteiger partial charge is 0.361 e. The van der Waals surface area contributed by atoms with Crippen molar-refractivity contribution in [2.45, 2.75) is 6.29 Å². The third kappa shape index (κ3) is 6.47. The molecule has 0 saturated carbocycles. The van der Waals surface area contributed by atoms with E-state index >= 15 is 0 Å². The topological polar surface area (TPSA) is 85.2 Å². The molecule has 0 aliphatic heterocycles. The van der Waals surface area contributed by atoms with Gasteiger partial charge in [-0.15, -0.1) is 0 Å². The lowest BCUT2D eigenvalue weighted by atomic mass is 10.6. The van der Waals surface area contributed by atoms with Crippen LogP contribution in [0.3, 0.4) is 0 Å². The van der Waals surface area contributed by atoms with Crippen molar-refractivity contribution in [1.29, 1.82) is 0 Å². The third-order valence-corrected chi connectivity index (χ3v) is 1.15. The molecule has 0 amide bonds. The van der Waals surface area contributed by atoms with E-state index in [0.29, 0.717) is 0 Å². The van der Waals surface area contributed by atoms with Crippen molar-refractivity contribution in [2.24, 2.45) is 0 Å². The molecule has 0 spiro atoms. The molecule has 0 bridgehead atoms. The summed E-state index contributed by atoms with van der Waals surface area (Å²) in [4.78, 5) is 10.3. The van der Waals surface area contributed by atoms with E-state index in [0.717, 1.165) is 0 Å². The number of aliphatic carboxylic acids is 1. The molecule has 6 heteroatoms. The predicted octanol–water partition coefficient (Wildman–Crippen LogP) is -0.931. The molecule has 1 atom stereocenters. The minimum absolute atomic E-state index is 0.0629. The summed E-state index contributed by atoms with van der Waals surface area (Å²) < 4.78 is 14.1. The summed E-state index contributed by atoms with van der Waals surface area (Å²) in [7, 11) is 1.24. The van der Waals surface area contributed by atoms with E-state index in [1.54, 1.807) is 0 Å². The first kappa shape index (κ1) is 12.3. The summed E-state index contributed by atoms with van der Waals surface area (Å²) in [6.07, 6.45) is -1.25. The van der Waals surface area contributed by atoms with Crippen molar-refractivity contribution in [3.05, 3.63) is 0 Å². The second kappa shape index (κ2) is 7.93. The third-order valence-electron chi connectivity index (χ3n) is 1.15. The van der Waals surface area contributed by atoms with Crippen molar-refractivity contribution >= 4 is 5.97 Å². The first-order chi connectivity index (χ1) is 6.22. The number of hydrogen-bond donors (Lipinski definition) is 2. The van der Waals surface area contributed by atoms with E-state index in [9.17, 15) is 4.79 Å². The van der Waals surface area contributed by atoms with Gasteiger partial charge in [-0.1, -0.05) is 0 Å². The van der Waals surface area contributed by atoms with Gasteiger partial charge in [0.2, 0.25) is 0 Å². The Kier molecular flexibility index (Phi) is 7.51. The van der Waals surface area contributed by atoms with Gasteiger partial charge in [-0.25, -0.2) is 4.79 Å². The molecule has 6 nitrogen and oxygen atoms in total. The van der Waals surface area contributed by atoms with E-state index < -0.39 is 12.3 Å². The Hall–Kier alpha value is -0.690. The second-order valence-electron chi connectivity index (χ2n) is 2.11. The van der Waals surface area contributed by atoms with Crippen molar-refractivity contribution in [2.75, 3.05) is 33.5 Å². The monoisotopic (exact) mass is 194 g/mol. The zero-order valence-corrected chi connectivity index (χ0v) is 7.43. The van der Waals surface area contributed by atoms with Crippen LogP contribution in [-0.2, 0) is 19.0 Å². The Balaban J connectivity index is 3.33. The van der Waals surface area contributed by atoms with Crippen molar-refractivity contribution in [1.82, 2.24) is 0 Å². The summed E-state index contributed by atoms with van der Waals surface area (Å²) >= 11 is 0. The Labute approximate surface area is 76.0 Å². The van der Waals surface area contributed by atoms with Crippen LogP contribution in [0.25, 0.3) is 0 Å². The molecular weight excluding hydrogens is 180 g/mol. The summed E-state index contributed by atoms with van der Waals surface area (Å²) in [5, 5.41) is 16.8. The zero-order chi connectivity index (χ0) is 10.1. The molecule has 0 rings (SSSR count). The van der Waals surface area contributed by atoms with Crippen LogP contribution in [0.15, 0.2) is 0 Å². The number of rotatable bonds is 8. The maximum absolute atomic E-state index is 10.3. The van der Waals surface area contributed by atoms with E-state index in [1.807, 2.05) is 0 Å². The quantitative estimate of drug-likeness (QED) is 0.383. The van der Waals surface area contributed by atoms with Gasteiger partial charge in [-0.2, -0.15) is 0 Å². The van der Waals surface area contributed by atoms with Crippen LogP contribution < -0.4 is 0 Å². The van der Waals surface area contributed by atoms with Crippen molar-refractivity contribution in [3.63, 3.8) is 0 Å². The number of methoxy groups -OCH3 is 1. The molecule has 0 aromatic heterocycles. The molecule has 0 heterocycles. The minimum Gasteiger partial charge on any atom is -0.477 e. The van der Waals surface area contributed by atoms with Crippen LogP contribution in [0.2, 0.25) is 0 Å². The van der Waals surface area contributed by atoms with Crippen LogP contribution in [0.5, 0.6) is 0 Å². The zero-order valence-electron chi connectivity index (χ0n) is 7.43. The van der Waals surface area contributed by atoms with Crippen molar-refractivity contribution < 1.29 is 29.2 Å². The number of ether oxygens (including phenoxy) is 3. The SMILES string of the molecule is COC(OCCOCCO)C(=O)O. The Morgan fingerprint density at radius 2 is 2.08 bits per heavy atom. The molecule has 0 aliphatic rings. The van der Waals surface area contributed by atoms with Gasteiger partial charge >= 0.3 is 5.97 Å². The lowest BCUT2D eigenvalue weighted by molar-refractivity contribution is -0.185. The van der Waals surface area contributed by atoms with Crippen LogP contribution in [0.4, 0.5) is 0 Å². The van der Waals surface area contributed by atoms with Gasteiger partial charge in [0, 0.05) is 7.11 Å². The predicted molar refractivity (Wildman–Crippen MR) is 42.3 cm³/mol. The Bertz CT molecular complexity index is 137. The lowest BCUT2D eigenvalue weighted by Crippen LogP contribution is -2.27. The molecule has 13 heavy (non-hydrogen) atoms. The lowest BCUT2D eigenvalue weighted by Gasteiger charge is -2.11. The average molecular weight is 194 g/mol. The Morgan fingerprint density at radius 1 is 1.38 bits per heavy atom. The molecule has 0 saturated heterocycles. The van der Waals surface area contributed by atoms with Crippen molar-refractivity contribution in [3.8, 4) is 0 Å². The Morgan fingerprint density at radius 3 is 2.54 bits per heavy atom. The van der Waals surface area contributed by atoms with Gasteiger partial charge in [-0.3, -0.25) is 0 Å². The highest BCUT2D eigenvalue weighted by Crippen LogP contribution is 1.92. The van der Waals surface area contributed by atoms with Gasteiger partial charge in [-0.05, 0) is 0 Å². The summed E-state index contributed by atoms with van der Waals surface area (Å²) in [5.74, 6) is -1.18. The highest BCUT2D eigenvalue weighted by atomic mass is 16.7. The van der Waals surface area contributed by atoms with Gasteiger partial charge in [0.1, 0.15) is 0 Å². The number of hydrogen-bond acceptors (Lipinski definition) is 5. The van der Waals surface area contributed by atoms with E-state index in [4.69, 9.17) is 19.7 Å². The molecule has 0 aromatic carbocycles. The number of carboxylic acid groups (broad SMARTS) is 1. The molecule has 2 N–H and O–H groups in total. The second-order valence-corrected chi connectivity index (χ2v) is 2.11. The van der Waals surface area contributed by atoms with Crippen LogP contribution >= 0.6 is 0 Å². The molecule has 1 unspecified atom stereocenters. The van der Waals surface area contributed by atoms with E-state index in [1.165, 1.54) is 7.11 Å². The number of carbonyl (C=O) groups is 1. The summed E-state index contributed by atoms with van der Waals surface area (Å²) in [5.41, 5.74) is 0. The number of carboxylic acids is 1. The van der Waals surface area contributed by atoms with E-state index in [2.05, 4.69) is 4.74 Å². The normalized spacial score (nSPS) is 12.8. The number of aliphatic hydroxyl groups is 1. The molecule has 0 fully saturated rings. The molecule has 0 radical (unpaired) electrons. The maximum Gasteiger partial charge on any atom is 0.361 e. The minimum atomic E-state index is -1.25. The summed E-state index contributed by atoms with van der Waals surface area (Å²) in [6, 6.07) is 0.